The van der Waals surface area contributed by atoms with Crippen LogP contribution in [0.3, 0.4) is 0 Å². The summed E-state index contributed by atoms with van der Waals surface area (Å²) in [7, 11) is 1.97. The van der Waals surface area contributed by atoms with E-state index in [-0.39, 0.29) is 5.41 Å². The van der Waals surface area contributed by atoms with Gasteiger partial charge in [0.2, 0.25) is 5.88 Å². The van der Waals surface area contributed by atoms with E-state index >= 15 is 0 Å². The summed E-state index contributed by atoms with van der Waals surface area (Å²) < 4.78 is 13.5. The smallest absolute Gasteiger partial charge is 0.214 e. The number of nitrogens with zero attached hydrogens (tertiary/aromatic N) is 4. The number of aromatic nitrogens is 3. The fourth-order valence-corrected chi connectivity index (χ4v) is 4.57. The predicted octanol–water partition coefficient (Wildman–Crippen LogP) is 3.15. The quantitative estimate of drug-likeness (QED) is 0.618. The molecule has 6 nitrogen and oxygen atoms in total. The molecule has 146 valence electrons. The Kier molecular flexibility index (Phi) is 4.50. The molecule has 0 bridgehead atoms. The molecule has 1 atom stereocenters. The minimum absolute atomic E-state index is 0.191. The van der Waals surface area contributed by atoms with Gasteiger partial charge in [-0.05, 0) is 23.8 Å². The number of ether oxygens (including phenoxy) is 2. The third-order valence-electron chi connectivity index (χ3n) is 6.00. The predicted molar refractivity (Wildman–Crippen MR) is 107 cm³/mol. The van der Waals surface area contributed by atoms with Crippen molar-refractivity contribution >= 4 is 22.5 Å². The fourth-order valence-electron chi connectivity index (χ4n) is 4.41. The summed E-state index contributed by atoms with van der Waals surface area (Å²) >= 11 is 5.97. The summed E-state index contributed by atoms with van der Waals surface area (Å²) in [6.07, 6.45) is 1.93. The van der Waals surface area contributed by atoms with Crippen LogP contribution in [-0.4, -0.2) is 52.6 Å². The highest BCUT2D eigenvalue weighted by molar-refractivity contribution is 6.29. The van der Waals surface area contributed by atoms with Crippen LogP contribution in [0.4, 0.5) is 0 Å². The summed E-state index contributed by atoms with van der Waals surface area (Å²) in [5.74, 6) is 1.01. The Bertz CT molecular complexity index is 1000. The number of rotatable bonds is 5. The molecule has 1 spiro atoms. The third kappa shape index (κ3) is 3.26. The Morgan fingerprint density at radius 3 is 2.96 bits per heavy atom. The molecule has 2 saturated heterocycles. The highest BCUT2D eigenvalue weighted by atomic mass is 35.5. The van der Waals surface area contributed by atoms with E-state index in [2.05, 4.69) is 33.2 Å². The summed E-state index contributed by atoms with van der Waals surface area (Å²) in [5, 5.41) is 5.98. The maximum Gasteiger partial charge on any atom is 0.214 e. The van der Waals surface area contributed by atoms with E-state index in [9.17, 15) is 0 Å². The van der Waals surface area contributed by atoms with Crippen LogP contribution in [0.5, 0.6) is 5.88 Å². The van der Waals surface area contributed by atoms with E-state index in [1.807, 2.05) is 30.1 Å². The second kappa shape index (κ2) is 7.03. The maximum atomic E-state index is 5.97. The first-order chi connectivity index (χ1) is 13.6. The summed E-state index contributed by atoms with van der Waals surface area (Å²) in [6.45, 7) is 5.21. The zero-order valence-electron chi connectivity index (χ0n) is 15.8. The van der Waals surface area contributed by atoms with E-state index in [0.717, 1.165) is 38.4 Å². The second-order valence-electron chi connectivity index (χ2n) is 7.99. The average Bonchev–Trinajstić information content (AvgIpc) is 3.21. The molecule has 2 aliphatic rings. The lowest BCUT2D eigenvalue weighted by Crippen LogP contribution is -2.50. The number of pyridine rings is 1. The Balaban J connectivity index is 1.27. The topological polar surface area (TPSA) is 52.4 Å². The minimum atomic E-state index is 0.191. The van der Waals surface area contributed by atoms with E-state index in [4.69, 9.17) is 21.1 Å². The molecule has 2 aromatic heterocycles. The molecule has 2 aliphatic heterocycles. The first kappa shape index (κ1) is 17.9. The molecule has 0 aliphatic carbocycles. The van der Waals surface area contributed by atoms with Crippen LogP contribution in [0.1, 0.15) is 5.56 Å². The van der Waals surface area contributed by atoms with Crippen molar-refractivity contribution in [3.63, 3.8) is 0 Å². The molecule has 2 fully saturated rings. The number of aryl methyl sites for hydroxylation is 1. The van der Waals surface area contributed by atoms with Crippen LogP contribution in [0.2, 0.25) is 5.15 Å². The summed E-state index contributed by atoms with van der Waals surface area (Å²) in [4.78, 5) is 6.75. The molecule has 5 rings (SSSR count). The Labute approximate surface area is 169 Å². The zero-order chi connectivity index (χ0) is 19.1. The van der Waals surface area contributed by atoms with Crippen molar-refractivity contribution in [1.82, 2.24) is 19.7 Å². The number of hydrogen-bond acceptors (Lipinski definition) is 5. The molecule has 1 unspecified atom stereocenters. The van der Waals surface area contributed by atoms with Gasteiger partial charge in [-0.3, -0.25) is 9.58 Å². The van der Waals surface area contributed by atoms with Crippen molar-refractivity contribution < 1.29 is 9.47 Å². The molecular formula is C21H23ClN4O2. The molecule has 0 amide bonds. The van der Waals surface area contributed by atoms with Gasteiger partial charge in [0, 0.05) is 49.5 Å². The van der Waals surface area contributed by atoms with Crippen LogP contribution >= 0.6 is 11.6 Å². The van der Waals surface area contributed by atoms with E-state index in [0.29, 0.717) is 23.6 Å². The van der Waals surface area contributed by atoms with Crippen molar-refractivity contribution in [2.24, 2.45) is 18.4 Å². The molecule has 28 heavy (non-hydrogen) atoms. The first-order valence-corrected chi connectivity index (χ1v) is 9.95. The van der Waals surface area contributed by atoms with Crippen molar-refractivity contribution in [3.8, 4) is 5.88 Å². The van der Waals surface area contributed by atoms with E-state index in [1.54, 1.807) is 6.07 Å². The number of halogens is 1. The van der Waals surface area contributed by atoms with Crippen molar-refractivity contribution in [3.05, 3.63) is 53.3 Å². The highest BCUT2D eigenvalue weighted by Crippen LogP contribution is 2.43. The molecular weight excluding hydrogens is 376 g/mol. The number of likely N-dealkylation sites (tertiary alicyclic amines) is 1. The fraction of sp³-hybridized carbons (Fsp3) is 0.429. The van der Waals surface area contributed by atoms with Gasteiger partial charge < -0.3 is 9.47 Å². The van der Waals surface area contributed by atoms with Gasteiger partial charge in [-0.25, -0.2) is 4.98 Å². The molecule has 4 heterocycles. The van der Waals surface area contributed by atoms with Crippen LogP contribution < -0.4 is 4.74 Å². The molecule has 0 radical (unpaired) electrons. The largest absolute Gasteiger partial charge is 0.477 e. The molecule has 0 saturated carbocycles. The van der Waals surface area contributed by atoms with E-state index in [1.165, 1.54) is 10.9 Å². The standard InChI is InChI=1S/C21H23ClN4O2/c1-25-18-6-5-15(7-16(18)8-23-25)9-26-10-17(21(12-26)13-27-14-21)11-28-20-4-2-3-19(22)24-20/h2-8,17H,9-14H2,1H3. The van der Waals surface area contributed by atoms with Crippen LogP contribution in [-0.2, 0) is 18.3 Å². The first-order valence-electron chi connectivity index (χ1n) is 9.57. The molecule has 1 aromatic carbocycles. The van der Waals surface area contributed by atoms with Crippen LogP contribution in [0.15, 0.2) is 42.6 Å². The van der Waals surface area contributed by atoms with Crippen LogP contribution in [0, 0.1) is 11.3 Å². The number of fused-ring (bicyclic) bond motifs is 1. The highest BCUT2D eigenvalue weighted by Gasteiger charge is 2.52. The molecule has 7 heteroatoms. The Hall–Kier alpha value is -2.15. The van der Waals surface area contributed by atoms with Crippen molar-refractivity contribution in [2.45, 2.75) is 6.54 Å². The summed E-state index contributed by atoms with van der Waals surface area (Å²) in [5.41, 5.74) is 2.67. The van der Waals surface area contributed by atoms with Gasteiger partial charge in [0.25, 0.3) is 0 Å². The van der Waals surface area contributed by atoms with Gasteiger partial charge in [-0.2, -0.15) is 5.10 Å². The normalized spacial score (nSPS) is 21.3. The average molecular weight is 399 g/mol. The zero-order valence-corrected chi connectivity index (χ0v) is 16.6. The Morgan fingerprint density at radius 1 is 1.29 bits per heavy atom. The maximum absolute atomic E-state index is 5.97. The van der Waals surface area contributed by atoms with Gasteiger partial charge >= 0.3 is 0 Å². The van der Waals surface area contributed by atoms with Gasteiger partial charge in [0.05, 0.1) is 31.5 Å². The lowest BCUT2D eigenvalue weighted by molar-refractivity contribution is -0.133. The molecule has 0 N–H and O–H groups in total. The number of benzene rings is 1. The van der Waals surface area contributed by atoms with E-state index < -0.39 is 0 Å². The minimum Gasteiger partial charge on any atom is -0.477 e. The Morgan fingerprint density at radius 2 is 2.18 bits per heavy atom. The molecule has 3 aromatic rings. The lowest BCUT2D eigenvalue weighted by Gasteiger charge is -2.42. The van der Waals surface area contributed by atoms with Crippen LogP contribution in [0.25, 0.3) is 10.9 Å². The van der Waals surface area contributed by atoms with Gasteiger partial charge in [0.15, 0.2) is 0 Å². The van der Waals surface area contributed by atoms with Crippen molar-refractivity contribution in [2.75, 3.05) is 32.9 Å². The number of hydrogen-bond donors (Lipinski definition) is 0. The summed E-state index contributed by atoms with van der Waals surface area (Å²) in [6, 6.07) is 12.1. The second-order valence-corrected chi connectivity index (χ2v) is 8.38. The monoisotopic (exact) mass is 398 g/mol. The van der Waals surface area contributed by atoms with Gasteiger partial charge in [0.1, 0.15) is 5.15 Å². The van der Waals surface area contributed by atoms with Gasteiger partial charge in [-0.1, -0.05) is 23.7 Å². The lowest BCUT2D eigenvalue weighted by atomic mass is 9.77. The van der Waals surface area contributed by atoms with Gasteiger partial charge in [-0.15, -0.1) is 0 Å². The third-order valence-corrected chi connectivity index (χ3v) is 6.21. The SMILES string of the molecule is Cn1ncc2cc(CN3CC(COc4cccc(Cl)n4)C4(COC4)C3)ccc21. The van der Waals surface area contributed by atoms with Crippen molar-refractivity contribution in [1.29, 1.82) is 0 Å².